The lowest BCUT2D eigenvalue weighted by Gasteiger charge is -2.29. The number of fused-ring (bicyclic) bond motifs is 1. The number of nitrogens with two attached hydrogens (primary N) is 1. The van der Waals surface area contributed by atoms with Crippen LogP contribution in [-0.4, -0.2) is 46.8 Å². The first-order valence-electron chi connectivity index (χ1n) is 12.6. The van der Waals surface area contributed by atoms with Crippen molar-refractivity contribution < 1.29 is 18.3 Å². The molecule has 0 aliphatic heterocycles. The van der Waals surface area contributed by atoms with E-state index in [1.165, 1.54) is 6.07 Å². The van der Waals surface area contributed by atoms with E-state index >= 15 is 0 Å². The Morgan fingerprint density at radius 3 is 2.69 bits per heavy atom. The van der Waals surface area contributed by atoms with Gasteiger partial charge in [-0.3, -0.25) is 4.79 Å². The lowest BCUT2D eigenvalue weighted by atomic mass is 9.87. The van der Waals surface area contributed by atoms with Crippen molar-refractivity contribution in [3.8, 4) is 0 Å². The summed E-state index contributed by atoms with van der Waals surface area (Å²) in [5.41, 5.74) is 6.44. The van der Waals surface area contributed by atoms with Crippen LogP contribution < -0.4 is 16.4 Å². The highest BCUT2D eigenvalue weighted by molar-refractivity contribution is 5.94. The number of rotatable bonds is 11. The van der Waals surface area contributed by atoms with E-state index in [-0.39, 0.29) is 18.0 Å². The van der Waals surface area contributed by atoms with Gasteiger partial charge in [-0.2, -0.15) is 0 Å². The summed E-state index contributed by atoms with van der Waals surface area (Å²) < 4.78 is 34.6. The Morgan fingerprint density at radius 2 is 2.06 bits per heavy atom. The number of carbonyl (C=O) groups is 1. The predicted octanol–water partition coefficient (Wildman–Crippen LogP) is 4.20. The Labute approximate surface area is 207 Å². The number of hydrogen-bond acceptors (Lipinski definition) is 5. The minimum Gasteiger partial charge on any atom is -0.377 e. The van der Waals surface area contributed by atoms with Gasteiger partial charge in [-0.1, -0.05) is 20.3 Å². The molecule has 2 aromatic rings. The zero-order valence-corrected chi connectivity index (χ0v) is 21.4. The normalized spacial score (nSPS) is 15.8. The number of hydrogen-bond donors (Lipinski definition) is 3. The van der Waals surface area contributed by atoms with Gasteiger partial charge in [0.2, 0.25) is 5.91 Å². The molecule has 2 atom stereocenters. The molecule has 4 N–H and O–H groups in total. The summed E-state index contributed by atoms with van der Waals surface area (Å²) in [5, 5.41) is 6.26. The zero-order valence-electron chi connectivity index (χ0n) is 21.4. The van der Waals surface area contributed by atoms with E-state index in [0.29, 0.717) is 49.9 Å². The summed E-state index contributed by atoms with van der Waals surface area (Å²) in [5.74, 6) is -0.626. The molecule has 0 saturated heterocycles. The molecule has 1 aromatic heterocycles. The summed E-state index contributed by atoms with van der Waals surface area (Å²) in [6.07, 6.45) is 8.18. The van der Waals surface area contributed by atoms with Crippen molar-refractivity contribution in [3.63, 3.8) is 0 Å². The lowest BCUT2D eigenvalue weighted by Crippen LogP contribution is -2.48. The average Bonchev–Trinajstić information content (AvgIpc) is 3.25. The largest absolute Gasteiger partial charge is 0.377 e. The third-order valence-corrected chi connectivity index (χ3v) is 5.73. The molecule has 0 bridgehead atoms. The van der Waals surface area contributed by atoms with E-state index < -0.39 is 11.6 Å². The van der Waals surface area contributed by atoms with Gasteiger partial charge >= 0.3 is 0 Å². The minimum absolute atomic E-state index is 0.0209. The molecule has 35 heavy (non-hydrogen) atoms. The van der Waals surface area contributed by atoms with Gasteiger partial charge in [-0.25, -0.2) is 13.8 Å². The maximum atomic E-state index is 14.1. The topological polar surface area (TPSA) is 94.2 Å². The van der Waals surface area contributed by atoms with Crippen LogP contribution in [0.1, 0.15) is 64.5 Å². The number of ether oxygens (including phenoxy) is 1. The summed E-state index contributed by atoms with van der Waals surface area (Å²) >= 11 is 0. The molecule has 196 valence electrons. The lowest BCUT2D eigenvalue weighted by molar-refractivity contribution is -0.118. The molecule has 1 aliphatic carbocycles. The first-order valence-corrected chi connectivity index (χ1v) is 12.6. The fourth-order valence-electron chi connectivity index (χ4n) is 4.11. The van der Waals surface area contributed by atoms with Gasteiger partial charge in [0.1, 0.15) is 11.6 Å². The number of halogens is 2. The van der Waals surface area contributed by atoms with Gasteiger partial charge in [0.05, 0.1) is 25.1 Å². The van der Waals surface area contributed by atoms with E-state index in [4.69, 9.17) is 10.5 Å². The fourth-order valence-corrected chi connectivity index (χ4v) is 4.11. The van der Waals surface area contributed by atoms with Crippen molar-refractivity contribution in [3.05, 3.63) is 47.4 Å². The van der Waals surface area contributed by atoms with Crippen LogP contribution in [0.15, 0.2) is 24.7 Å². The molecule has 1 aliphatic rings. The zero-order chi connectivity index (χ0) is 25.8. The van der Waals surface area contributed by atoms with Gasteiger partial charge in [-0.05, 0) is 63.1 Å². The number of imidazole rings is 1. The van der Waals surface area contributed by atoms with Crippen molar-refractivity contribution >= 4 is 11.7 Å². The number of carbonyl (C=O) groups excluding carboxylic acids is 1. The molecule has 1 heterocycles. The average molecular weight is 494 g/mol. The molecule has 3 rings (SSSR count). The molecule has 0 radical (unpaired) electrons. The van der Waals surface area contributed by atoms with E-state index in [1.54, 1.807) is 6.33 Å². The van der Waals surface area contributed by atoms with Crippen LogP contribution >= 0.6 is 0 Å². The van der Waals surface area contributed by atoms with Crippen LogP contribution in [0.3, 0.4) is 0 Å². The SMILES string of the molecule is CC(C)OCCN.CCC[C@H](N[C@H]1CCc2cc(F)cc(F)c2C1)C(=O)Nc1cn(CCC)cn1. The standard InChI is InChI=1S/C21H28F2N4O.C5H13NO/c1-3-5-19(21(28)26-20-12-27(8-4-2)13-24-20)25-16-7-6-14-9-15(22)10-18(23)17(14)11-16;1-5(2)7-4-3-6/h9-10,12-13,16,19,25H,3-8,11H2,1-2H3,(H,26,28);5H,3-4,6H2,1-2H3/t16-,19-;/m0./s1. The molecular formula is C26H41F2N5O2. The monoisotopic (exact) mass is 493 g/mol. The number of amides is 1. The third-order valence-electron chi connectivity index (χ3n) is 5.73. The molecular weight excluding hydrogens is 452 g/mol. The van der Waals surface area contributed by atoms with Gasteiger partial charge in [0.15, 0.2) is 5.82 Å². The predicted molar refractivity (Wildman–Crippen MR) is 135 cm³/mol. The fraction of sp³-hybridized carbons (Fsp3) is 0.615. The van der Waals surface area contributed by atoms with Crippen LogP contribution in [0.2, 0.25) is 0 Å². The van der Waals surface area contributed by atoms with E-state index in [2.05, 4.69) is 22.5 Å². The van der Waals surface area contributed by atoms with Crippen molar-refractivity contribution in [2.24, 2.45) is 5.73 Å². The van der Waals surface area contributed by atoms with Gasteiger partial charge in [0.25, 0.3) is 0 Å². The molecule has 0 fully saturated rings. The Balaban J connectivity index is 0.000000540. The Bertz CT molecular complexity index is 919. The van der Waals surface area contributed by atoms with Gasteiger partial charge < -0.3 is 25.7 Å². The van der Waals surface area contributed by atoms with Crippen LogP contribution in [0.4, 0.5) is 14.6 Å². The highest BCUT2D eigenvalue weighted by Gasteiger charge is 2.27. The third kappa shape index (κ3) is 9.66. The highest BCUT2D eigenvalue weighted by Crippen LogP contribution is 2.25. The second-order valence-corrected chi connectivity index (χ2v) is 9.17. The molecule has 9 heteroatoms. The van der Waals surface area contributed by atoms with E-state index in [1.807, 2.05) is 31.5 Å². The van der Waals surface area contributed by atoms with Crippen LogP contribution in [0.5, 0.6) is 0 Å². The summed E-state index contributed by atoms with van der Waals surface area (Å²) in [6.45, 7) is 10.3. The second kappa shape index (κ2) is 14.9. The molecule has 1 aromatic carbocycles. The summed E-state index contributed by atoms with van der Waals surface area (Å²) in [7, 11) is 0. The van der Waals surface area contributed by atoms with Crippen molar-refractivity contribution in [2.75, 3.05) is 18.5 Å². The molecule has 1 amide bonds. The number of nitrogens with one attached hydrogen (secondary N) is 2. The summed E-state index contributed by atoms with van der Waals surface area (Å²) in [6, 6.07) is 1.95. The first-order chi connectivity index (χ1) is 16.8. The van der Waals surface area contributed by atoms with E-state index in [0.717, 1.165) is 37.4 Å². The number of nitrogens with zero attached hydrogens (tertiary/aromatic N) is 2. The van der Waals surface area contributed by atoms with Gasteiger partial charge in [-0.15, -0.1) is 0 Å². The maximum Gasteiger partial charge on any atom is 0.242 e. The molecule has 0 saturated carbocycles. The molecule has 7 nitrogen and oxygen atoms in total. The second-order valence-electron chi connectivity index (χ2n) is 9.17. The van der Waals surface area contributed by atoms with Crippen molar-refractivity contribution in [1.29, 1.82) is 0 Å². The number of aromatic nitrogens is 2. The van der Waals surface area contributed by atoms with Crippen LogP contribution in [0, 0.1) is 11.6 Å². The van der Waals surface area contributed by atoms with Crippen LogP contribution in [0.25, 0.3) is 0 Å². The van der Waals surface area contributed by atoms with Gasteiger partial charge in [0, 0.05) is 31.4 Å². The Morgan fingerprint density at radius 1 is 1.29 bits per heavy atom. The Kier molecular flexibility index (Phi) is 12.3. The smallest absolute Gasteiger partial charge is 0.242 e. The number of benzene rings is 1. The Hall–Kier alpha value is -2.36. The quantitative estimate of drug-likeness (QED) is 0.436. The van der Waals surface area contributed by atoms with Crippen molar-refractivity contribution in [1.82, 2.24) is 14.9 Å². The summed E-state index contributed by atoms with van der Waals surface area (Å²) in [4.78, 5) is 17.0. The van der Waals surface area contributed by atoms with Crippen molar-refractivity contribution in [2.45, 2.75) is 91.0 Å². The number of anilines is 1. The molecule has 0 spiro atoms. The maximum absolute atomic E-state index is 14.1. The van der Waals surface area contributed by atoms with E-state index in [9.17, 15) is 13.6 Å². The minimum atomic E-state index is -0.534. The molecule has 0 unspecified atom stereocenters. The highest BCUT2D eigenvalue weighted by atomic mass is 19.1. The van der Waals surface area contributed by atoms with Crippen LogP contribution in [-0.2, 0) is 28.9 Å². The number of aryl methyl sites for hydroxylation is 2. The first kappa shape index (κ1) is 28.9.